The molecule has 2 aromatic rings. The number of nitrogens with zero attached hydrogens (tertiary/aromatic N) is 1. The molecule has 0 bridgehead atoms. The van der Waals surface area contributed by atoms with E-state index in [2.05, 4.69) is 0 Å². The summed E-state index contributed by atoms with van der Waals surface area (Å²) in [7, 11) is 0. The van der Waals surface area contributed by atoms with Gasteiger partial charge in [0.1, 0.15) is 17.2 Å². The number of hydrogen-bond donors (Lipinski definition) is 0. The predicted octanol–water partition coefficient (Wildman–Crippen LogP) is 2.45. The van der Waals surface area contributed by atoms with Crippen molar-refractivity contribution in [3.05, 3.63) is 59.9 Å². The zero-order chi connectivity index (χ0) is 10.8. The van der Waals surface area contributed by atoms with Crippen LogP contribution in [-0.4, -0.2) is 10.5 Å². The van der Waals surface area contributed by atoms with Crippen LogP contribution in [0.1, 0.15) is 10.4 Å². The summed E-state index contributed by atoms with van der Waals surface area (Å²) in [6.07, 6.45) is 2.88. The molecule has 2 nitrogen and oxygen atoms in total. The van der Waals surface area contributed by atoms with Gasteiger partial charge in [0, 0.05) is 12.4 Å². The Bertz CT molecular complexity index is 471. The second-order valence-electron chi connectivity index (χ2n) is 2.99. The first-order chi connectivity index (χ1) is 7.20. The molecule has 15 heavy (non-hydrogen) atoms. The van der Waals surface area contributed by atoms with Crippen LogP contribution in [0.15, 0.2) is 42.7 Å². The minimum atomic E-state index is -0.853. The first-order valence-corrected chi connectivity index (χ1v) is 4.32. The largest absolute Gasteiger partial charge is 0.290 e. The van der Waals surface area contributed by atoms with Gasteiger partial charge in [0.25, 0.3) is 5.91 Å². The van der Waals surface area contributed by atoms with Crippen LogP contribution in [0.3, 0.4) is 0 Å². The molecule has 0 radical (unpaired) electrons. The van der Waals surface area contributed by atoms with Gasteiger partial charge >= 0.3 is 0 Å². The van der Waals surface area contributed by atoms with Gasteiger partial charge in [-0.1, -0.05) is 6.07 Å². The molecule has 0 N–H and O–H groups in total. The van der Waals surface area contributed by atoms with Crippen LogP contribution in [-0.2, 0) is 0 Å². The Labute approximate surface area is 84.8 Å². The van der Waals surface area contributed by atoms with Crippen molar-refractivity contribution in [3.8, 4) is 0 Å². The maximum absolute atomic E-state index is 13.2. The average molecular weight is 207 g/mol. The zero-order valence-corrected chi connectivity index (χ0v) is 7.65. The van der Waals surface area contributed by atoms with Crippen molar-refractivity contribution >= 4 is 5.91 Å². The SMILES string of the molecule is O=C(c1c(F)cccc1F)n1cccc1. The van der Waals surface area contributed by atoms with Crippen LogP contribution >= 0.6 is 0 Å². The summed E-state index contributed by atoms with van der Waals surface area (Å²) < 4.78 is 27.6. The van der Waals surface area contributed by atoms with E-state index in [9.17, 15) is 13.6 Å². The second kappa shape index (κ2) is 3.65. The van der Waals surface area contributed by atoms with E-state index < -0.39 is 23.1 Å². The van der Waals surface area contributed by atoms with Gasteiger partial charge in [0.15, 0.2) is 0 Å². The number of carbonyl (C=O) groups excluding carboxylic acids is 1. The maximum Gasteiger partial charge on any atom is 0.267 e. The molecular weight excluding hydrogens is 200 g/mol. The number of aromatic nitrogens is 1. The van der Waals surface area contributed by atoms with E-state index in [0.717, 1.165) is 16.7 Å². The Morgan fingerprint density at radius 3 is 2.07 bits per heavy atom. The van der Waals surface area contributed by atoms with Gasteiger partial charge in [0.05, 0.1) is 0 Å². The van der Waals surface area contributed by atoms with Crippen LogP contribution in [0.4, 0.5) is 8.78 Å². The van der Waals surface area contributed by atoms with E-state index in [1.807, 2.05) is 0 Å². The summed E-state index contributed by atoms with van der Waals surface area (Å²) in [5.74, 6) is -2.42. The number of rotatable bonds is 1. The smallest absolute Gasteiger partial charge is 0.267 e. The third-order valence-electron chi connectivity index (χ3n) is 2.02. The molecule has 4 heteroatoms. The number of carbonyl (C=O) groups is 1. The van der Waals surface area contributed by atoms with Gasteiger partial charge in [-0.05, 0) is 24.3 Å². The molecule has 0 spiro atoms. The van der Waals surface area contributed by atoms with Crippen molar-refractivity contribution in [2.75, 3.05) is 0 Å². The fourth-order valence-electron chi connectivity index (χ4n) is 1.30. The van der Waals surface area contributed by atoms with Crippen molar-refractivity contribution in [2.45, 2.75) is 0 Å². The first kappa shape index (κ1) is 9.58. The Kier molecular flexibility index (Phi) is 2.33. The van der Waals surface area contributed by atoms with Crippen LogP contribution in [0.25, 0.3) is 0 Å². The molecule has 0 unspecified atom stereocenters. The molecule has 0 saturated carbocycles. The third-order valence-corrected chi connectivity index (χ3v) is 2.02. The molecule has 0 amide bonds. The molecule has 1 aromatic carbocycles. The lowest BCUT2D eigenvalue weighted by Gasteiger charge is -2.04. The highest BCUT2D eigenvalue weighted by atomic mass is 19.1. The highest BCUT2D eigenvalue weighted by Gasteiger charge is 2.17. The van der Waals surface area contributed by atoms with Gasteiger partial charge in [-0.2, -0.15) is 0 Å². The summed E-state index contributed by atoms with van der Waals surface area (Å²) >= 11 is 0. The lowest BCUT2D eigenvalue weighted by atomic mass is 10.2. The number of hydrogen-bond acceptors (Lipinski definition) is 1. The molecule has 1 heterocycles. The van der Waals surface area contributed by atoms with Gasteiger partial charge < -0.3 is 0 Å². The van der Waals surface area contributed by atoms with Crippen molar-refractivity contribution in [2.24, 2.45) is 0 Å². The third kappa shape index (κ3) is 1.66. The lowest BCUT2D eigenvalue weighted by Crippen LogP contribution is -2.13. The van der Waals surface area contributed by atoms with Crippen LogP contribution in [0.5, 0.6) is 0 Å². The van der Waals surface area contributed by atoms with Gasteiger partial charge in [0.2, 0.25) is 0 Å². The normalized spacial score (nSPS) is 10.3. The Hall–Kier alpha value is -1.97. The Morgan fingerprint density at radius 1 is 1.00 bits per heavy atom. The van der Waals surface area contributed by atoms with E-state index >= 15 is 0 Å². The molecule has 0 aliphatic rings. The Balaban J connectivity index is 2.51. The molecule has 0 atom stereocenters. The summed E-state index contributed by atoms with van der Waals surface area (Å²) in [4.78, 5) is 11.6. The molecule has 0 aliphatic carbocycles. The van der Waals surface area contributed by atoms with Crippen LogP contribution in [0.2, 0.25) is 0 Å². The van der Waals surface area contributed by atoms with Crippen LogP contribution < -0.4 is 0 Å². The van der Waals surface area contributed by atoms with E-state index in [-0.39, 0.29) is 0 Å². The summed E-state index contributed by atoms with van der Waals surface area (Å²) in [6.45, 7) is 0. The topological polar surface area (TPSA) is 22.0 Å². The quantitative estimate of drug-likeness (QED) is 0.704. The molecule has 76 valence electrons. The number of halogens is 2. The molecule has 0 fully saturated rings. The fraction of sp³-hybridized carbons (Fsp3) is 0. The second-order valence-corrected chi connectivity index (χ2v) is 2.99. The summed E-state index contributed by atoms with van der Waals surface area (Å²) in [5, 5.41) is 0. The summed E-state index contributed by atoms with van der Waals surface area (Å²) in [5.41, 5.74) is -0.534. The lowest BCUT2D eigenvalue weighted by molar-refractivity contribution is 0.0952. The standard InChI is InChI=1S/C11H7F2NO/c12-8-4-3-5-9(13)10(8)11(15)14-6-1-2-7-14/h1-7H. The van der Waals surface area contributed by atoms with E-state index in [0.29, 0.717) is 0 Å². The van der Waals surface area contributed by atoms with E-state index in [4.69, 9.17) is 0 Å². The van der Waals surface area contributed by atoms with Gasteiger partial charge in [-0.15, -0.1) is 0 Å². The number of benzene rings is 1. The first-order valence-electron chi connectivity index (χ1n) is 4.32. The zero-order valence-electron chi connectivity index (χ0n) is 7.65. The predicted molar refractivity (Wildman–Crippen MR) is 50.5 cm³/mol. The monoisotopic (exact) mass is 207 g/mol. The van der Waals surface area contributed by atoms with Gasteiger partial charge in [-0.3, -0.25) is 9.36 Å². The van der Waals surface area contributed by atoms with Gasteiger partial charge in [-0.25, -0.2) is 8.78 Å². The Morgan fingerprint density at radius 2 is 1.53 bits per heavy atom. The highest BCUT2D eigenvalue weighted by molar-refractivity contribution is 5.96. The van der Waals surface area contributed by atoms with E-state index in [1.165, 1.54) is 18.5 Å². The van der Waals surface area contributed by atoms with E-state index in [1.54, 1.807) is 12.1 Å². The average Bonchev–Trinajstić information content (AvgIpc) is 2.69. The van der Waals surface area contributed by atoms with Crippen molar-refractivity contribution in [3.63, 3.8) is 0 Å². The molecule has 0 aliphatic heterocycles. The van der Waals surface area contributed by atoms with Crippen molar-refractivity contribution in [1.29, 1.82) is 0 Å². The molecule has 1 aromatic heterocycles. The fourth-order valence-corrected chi connectivity index (χ4v) is 1.30. The minimum absolute atomic E-state index is 0.534. The molecular formula is C11H7F2NO. The van der Waals surface area contributed by atoms with Crippen molar-refractivity contribution in [1.82, 2.24) is 4.57 Å². The molecule has 0 saturated heterocycles. The maximum atomic E-state index is 13.2. The van der Waals surface area contributed by atoms with Crippen LogP contribution in [0, 0.1) is 11.6 Å². The van der Waals surface area contributed by atoms with Crippen molar-refractivity contribution < 1.29 is 13.6 Å². The summed E-state index contributed by atoms with van der Waals surface area (Å²) in [6, 6.07) is 6.55. The molecule has 2 rings (SSSR count). The minimum Gasteiger partial charge on any atom is -0.290 e. The highest BCUT2D eigenvalue weighted by Crippen LogP contribution is 2.13.